The number of benzene rings is 1. The second-order valence-corrected chi connectivity index (χ2v) is 4.78. The topological polar surface area (TPSA) is 67.6 Å². The molecule has 1 fully saturated rings. The highest BCUT2D eigenvalue weighted by atomic mass is 19.1. The Hall–Kier alpha value is -1.82. The molecule has 1 unspecified atom stereocenters. The Kier molecular flexibility index (Phi) is 4.79. The Bertz CT molecular complexity index is 481. The van der Waals surface area contributed by atoms with Crippen LogP contribution in [0, 0.1) is 5.82 Å². The molecule has 0 radical (unpaired) electrons. The van der Waals surface area contributed by atoms with E-state index in [0.717, 1.165) is 6.42 Å². The van der Waals surface area contributed by atoms with Crippen molar-refractivity contribution in [1.29, 1.82) is 0 Å². The van der Waals surface area contributed by atoms with Crippen molar-refractivity contribution in [3.05, 3.63) is 24.0 Å². The van der Waals surface area contributed by atoms with Crippen molar-refractivity contribution in [2.75, 3.05) is 36.9 Å². The lowest BCUT2D eigenvalue weighted by Gasteiger charge is -2.36. The van der Waals surface area contributed by atoms with Crippen LogP contribution < -0.4 is 16.0 Å². The molecule has 3 N–H and O–H groups in total. The predicted octanol–water partition coefficient (Wildman–Crippen LogP) is 1.14. The van der Waals surface area contributed by atoms with Gasteiger partial charge in [0.1, 0.15) is 11.9 Å². The van der Waals surface area contributed by atoms with E-state index in [-0.39, 0.29) is 11.7 Å². The summed E-state index contributed by atoms with van der Waals surface area (Å²) in [6, 6.07) is 3.80. The quantitative estimate of drug-likeness (QED) is 0.812. The monoisotopic (exact) mass is 281 g/mol. The van der Waals surface area contributed by atoms with Crippen LogP contribution in [0.25, 0.3) is 0 Å². The zero-order valence-electron chi connectivity index (χ0n) is 11.6. The third kappa shape index (κ3) is 3.19. The van der Waals surface area contributed by atoms with E-state index in [1.807, 2.05) is 11.8 Å². The minimum atomic E-state index is -0.428. The summed E-state index contributed by atoms with van der Waals surface area (Å²) in [6.45, 7) is 4.01. The van der Waals surface area contributed by atoms with E-state index >= 15 is 0 Å². The molecule has 1 atom stereocenters. The number of nitrogens with one attached hydrogen (secondary N) is 1. The minimum absolute atomic E-state index is 0.0877. The molecule has 1 aromatic carbocycles. The number of carbonyl (C=O) groups excluding carboxylic acids is 1. The van der Waals surface area contributed by atoms with E-state index < -0.39 is 6.04 Å². The van der Waals surface area contributed by atoms with Gasteiger partial charge in [-0.2, -0.15) is 0 Å². The van der Waals surface area contributed by atoms with E-state index in [2.05, 4.69) is 5.32 Å². The Morgan fingerprint density at radius 2 is 2.40 bits per heavy atom. The molecule has 5 nitrogen and oxygen atoms in total. The first-order valence-electron chi connectivity index (χ1n) is 6.80. The van der Waals surface area contributed by atoms with Gasteiger partial charge in [0, 0.05) is 13.1 Å². The number of halogens is 1. The molecular formula is C14H20FN3O2. The lowest BCUT2D eigenvalue weighted by molar-refractivity contribution is -0.124. The molecule has 0 aromatic heterocycles. The highest BCUT2D eigenvalue weighted by molar-refractivity contribution is 5.87. The van der Waals surface area contributed by atoms with Crippen LogP contribution in [0.1, 0.15) is 13.3 Å². The van der Waals surface area contributed by atoms with Gasteiger partial charge in [0.15, 0.2) is 0 Å². The molecule has 1 saturated heterocycles. The molecule has 0 spiro atoms. The molecule has 20 heavy (non-hydrogen) atoms. The van der Waals surface area contributed by atoms with Crippen molar-refractivity contribution >= 4 is 17.3 Å². The lowest BCUT2D eigenvalue weighted by atomic mass is 10.1. The van der Waals surface area contributed by atoms with Crippen LogP contribution >= 0.6 is 0 Å². The van der Waals surface area contributed by atoms with Crippen LogP contribution in [0.2, 0.25) is 0 Å². The second-order valence-electron chi connectivity index (χ2n) is 4.78. The number of nitrogens with zero attached hydrogens (tertiary/aromatic N) is 1. The van der Waals surface area contributed by atoms with E-state index in [4.69, 9.17) is 10.5 Å². The molecule has 1 heterocycles. The first kappa shape index (κ1) is 14.6. The largest absolute Gasteiger partial charge is 0.397 e. The van der Waals surface area contributed by atoms with Gasteiger partial charge in [0.25, 0.3) is 0 Å². The van der Waals surface area contributed by atoms with Crippen LogP contribution in [-0.2, 0) is 9.53 Å². The lowest BCUT2D eigenvalue weighted by Crippen LogP contribution is -2.54. The van der Waals surface area contributed by atoms with Crippen molar-refractivity contribution in [1.82, 2.24) is 5.32 Å². The Morgan fingerprint density at radius 1 is 1.60 bits per heavy atom. The van der Waals surface area contributed by atoms with Gasteiger partial charge in [-0.15, -0.1) is 0 Å². The van der Waals surface area contributed by atoms with Gasteiger partial charge >= 0.3 is 0 Å². The van der Waals surface area contributed by atoms with Gasteiger partial charge in [-0.1, -0.05) is 6.92 Å². The summed E-state index contributed by atoms with van der Waals surface area (Å²) < 4.78 is 18.5. The van der Waals surface area contributed by atoms with E-state index in [1.165, 1.54) is 12.1 Å². The van der Waals surface area contributed by atoms with Gasteiger partial charge in [-0.05, 0) is 24.6 Å². The number of rotatable bonds is 4. The number of amides is 1. The molecule has 110 valence electrons. The number of hydrogen-bond donors (Lipinski definition) is 2. The summed E-state index contributed by atoms with van der Waals surface area (Å²) in [5, 5.41) is 2.86. The fourth-order valence-corrected chi connectivity index (χ4v) is 2.26. The summed E-state index contributed by atoms with van der Waals surface area (Å²) in [6.07, 6.45) is 0.873. The van der Waals surface area contributed by atoms with Crippen LogP contribution in [0.4, 0.5) is 15.8 Å². The van der Waals surface area contributed by atoms with Crippen molar-refractivity contribution in [2.45, 2.75) is 19.4 Å². The van der Waals surface area contributed by atoms with Gasteiger partial charge in [-0.25, -0.2) is 4.39 Å². The molecule has 0 bridgehead atoms. The van der Waals surface area contributed by atoms with Gasteiger partial charge < -0.3 is 20.7 Å². The number of nitrogens with two attached hydrogens (primary N) is 1. The number of carbonyl (C=O) groups is 1. The third-order valence-corrected chi connectivity index (χ3v) is 3.28. The normalized spacial score (nSPS) is 18.9. The number of ether oxygens (including phenoxy) is 1. The zero-order chi connectivity index (χ0) is 14.5. The zero-order valence-corrected chi connectivity index (χ0v) is 11.6. The standard InChI is InChI=1S/C14H20FN3O2/c1-2-5-17-14(19)13-9-20-7-6-18(13)12-4-3-10(15)8-11(12)16/h3-4,8,13H,2,5-7,9,16H2,1H3,(H,17,19). The molecule has 1 amide bonds. The molecule has 0 aliphatic carbocycles. The number of morpholine rings is 1. The fraction of sp³-hybridized carbons (Fsp3) is 0.500. The molecular weight excluding hydrogens is 261 g/mol. The molecule has 1 aromatic rings. The smallest absolute Gasteiger partial charge is 0.245 e. The highest BCUT2D eigenvalue weighted by Crippen LogP contribution is 2.27. The summed E-state index contributed by atoms with van der Waals surface area (Å²) in [7, 11) is 0. The van der Waals surface area contributed by atoms with Crippen molar-refractivity contribution in [2.24, 2.45) is 0 Å². The summed E-state index contributed by atoms with van der Waals surface area (Å²) >= 11 is 0. The molecule has 1 aliphatic rings. The summed E-state index contributed by atoms with van der Waals surface area (Å²) in [4.78, 5) is 14.0. The summed E-state index contributed by atoms with van der Waals surface area (Å²) in [5.74, 6) is -0.471. The Labute approximate surface area is 117 Å². The maximum absolute atomic E-state index is 13.1. The Morgan fingerprint density at radius 3 is 3.10 bits per heavy atom. The third-order valence-electron chi connectivity index (χ3n) is 3.28. The number of hydrogen-bond acceptors (Lipinski definition) is 4. The van der Waals surface area contributed by atoms with Gasteiger partial charge in [0.05, 0.1) is 24.6 Å². The molecule has 6 heteroatoms. The van der Waals surface area contributed by atoms with Gasteiger partial charge in [-0.3, -0.25) is 4.79 Å². The highest BCUT2D eigenvalue weighted by Gasteiger charge is 2.30. The fourth-order valence-electron chi connectivity index (χ4n) is 2.26. The van der Waals surface area contributed by atoms with Crippen LogP contribution in [0.3, 0.4) is 0 Å². The second kappa shape index (κ2) is 6.56. The average molecular weight is 281 g/mol. The maximum Gasteiger partial charge on any atom is 0.245 e. The predicted molar refractivity (Wildman–Crippen MR) is 76.1 cm³/mol. The van der Waals surface area contributed by atoms with Crippen LogP contribution in [0.5, 0.6) is 0 Å². The van der Waals surface area contributed by atoms with E-state index in [1.54, 1.807) is 6.07 Å². The SMILES string of the molecule is CCCNC(=O)C1COCCN1c1ccc(F)cc1N. The van der Waals surface area contributed by atoms with Crippen molar-refractivity contribution in [3.8, 4) is 0 Å². The van der Waals surface area contributed by atoms with Crippen LogP contribution in [-0.4, -0.2) is 38.3 Å². The maximum atomic E-state index is 13.1. The first-order valence-corrected chi connectivity index (χ1v) is 6.80. The van der Waals surface area contributed by atoms with Crippen molar-refractivity contribution in [3.63, 3.8) is 0 Å². The average Bonchev–Trinajstić information content (AvgIpc) is 2.45. The van der Waals surface area contributed by atoms with E-state index in [9.17, 15) is 9.18 Å². The molecule has 0 saturated carbocycles. The minimum Gasteiger partial charge on any atom is -0.397 e. The summed E-state index contributed by atoms with van der Waals surface area (Å²) in [5.41, 5.74) is 6.87. The Balaban J connectivity index is 2.19. The first-order chi connectivity index (χ1) is 9.63. The molecule has 1 aliphatic heterocycles. The molecule has 2 rings (SSSR count). The number of nitrogen functional groups attached to an aromatic ring is 1. The van der Waals surface area contributed by atoms with Crippen LogP contribution in [0.15, 0.2) is 18.2 Å². The van der Waals surface area contributed by atoms with Crippen molar-refractivity contribution < 1.29 is 13.9 Å². The number of anilines is 2. The van der Waals surface area contributed by atoms with Gasteiger partial charge in [0.2, 0.25) is 5.91 Å². The van der Waals surface area contributed by atoms with E-state index in [0.29, 0.717) is 37.7 Å².